The summed E-state index contributed by atoms with van der Waals surface area (Å²) in [5, 5.41) is 0. The Labute approximate surface area is 74.7 Å². The van der Waals surface area contributed by atoms with Gasteiger partial charge in [0.05, 0.1) is 0 Å². The lowest BCUT2D eigenvalue weighted by Gasteiger charge is -2.15. The molecule has 1 unspecified atom stereocenters. The predicted octanol–water partition coefficient (Wildman–Crippen LogP) is 0.532. The van der Waals surface area contributed by atoms with Crippen molar-refractivity contribution in [3.8, 4) is 0 Å². The van der Waals surface area contributed by atoms with E-state index in [1.54, 1.807) is 0 Å². The van der Waals surface area contributed by atoms with Gasteiger partial charge in [0, 0.05) is 0 Å². The molecule has 0 aromatic rings. The third-order valence-corrected chi connectivity index (χ3v) is 4.61. The van der Waals surface area contributed by atoms with Crippen LogP contribution in [0.25, 0.3) is 0 Å². The Bertz CT molecular complexity index is 125. The van der Waals surface area contributed by atoms with Crippen LogP contribution in [0.4, 0.5) is 0 Å². The minimum absolute atomic E-state index is 0.0955. The molecule has 1 atom stereocenters. The van der Waals surface area contributed by atoms with Gasteiger partial charge in [-0.2, -0.15) is 0 Å². The number of hydrogen-bond acceptors (Lipinski definition) is 1. The highest BCUT2D eigenvalue weighted by Crippen LogP contribution is 2.21. The second-order valence-corrected chi connectivity index (χ2v) is 6.68. The first-order chi connectivity index (χ1) is 5.43. The maximum Gasteiger partial charge on any atom is 0.145 e. The van der Waals surface area contributed by atoms with E-state index in [1.165, 1.54) is 31.7 Å². The van der Waals surface area contributed by atoms with Gasteiger partial charge in [0.2, 0.25) is 0 Å². The molecular formula is C8H18OSi2. The fraction of sp³-hybridized carbons (Fsp3) is 0.750. The van der Waals surface area contributed by atoms with E-state index in [1.807, 2.05) is 0 Å². The van der Waals surface area contributed by atoms with Crippen molar-refractivity contribution in [3.05, 3.63) is 12.2 Å². The molecule has 0 bridgehead atoms. The van der Waals surface area contributed by atoms with Crippen molar-refractivity contribution in [1.82, 2.24) is 0 Å². The third kappa shape index (κ3) is 3.89. The first kappa shape index (κ1) is 9.22. The van der Waals surface area contributed by atoms with Gasteiger partial charge in [0.1, 0.15) is 20.2 Å². The number of rotatable bonds is 4. The highest BCUT2D eigenvalue weighted by molar-refractivity contribution is 6.34. The van der Waals surface area contributed by atoms with Crippen molar-refractivity contribution in [3.63, 3.8) is 0 Å². The summed E-state index contributed by atoms with van der Waals surface area (Å²) in [5.41, 5.74) is 0. The van der Waals surface area contributed by atoms with Gasteiger partial charge in [-0.05, 0) is 37.6 Å². The van der Waals surface area contributed by atoms with Gasteiger partial charge in [-0.1, -0.05) is 12.2 Å². The Morgan fingerprint density at radius 2 is 2.55 bits per heavy atom. The molecule has 0 spiro atoms. The zero-order valence-electron chi connectivity index (χ0n) is 7.38. The Morgan fingerprint density at radius 3 is 3.18 bits per heavy atom. The summed E-state index contributed by atoms with van der Waals surface area (Å²) >= 11 is 0. The molecule has 11 heavy (non-hydrogen) atoms. The summed E-state index contributed by atoms with van der Waals surface area (Å²) in [5.74, 6) is 0.896. The van der Waals surface area contributed by atoms with Crippen LogP contribution < -0.4 is 0 Å². The Hall–Kier alpha value is 0.134. The van der Waals surface area contributed by atoms with Crippen LogP contribution in [0, 0.1) is 5.92 Å². The molecule has 1 rings (SSSR count). The van der Waals surface area contributed by atoms with Crippen LogP contribution >= 0.6 is 0 Å². The molecule has 1 aliphatic carbocycles. The molecule has 0 saturated carbocycles. The molecule has 3 heteroatoms. The molecule has 0 amide bonds. The lowest BCUT2D eigenvalue weighted by molar-refractivity contribution is 0.518. The summed E-state index contributed by atoms with van der Waals surface area (Å²) in [7, 11) is 0.865. The van der Waals surface area contributed by atoms with E-state index in [9.17, 15) is 0 Å². The van der Waals surface area contributed by atoms with Crippen LogP contribution in [0.15, 0.2) is 12.2 Å². The molecular weight excluding hydrogens is 168 g/mol. The fourth-order valence-electron chi connectivity index (χ4n) is 1.61. The third-order valence-electron chi connectivity index (χ3n) is 2.28. The van der Waals surface area contributed by atoms with E-state index >= 15 is 0 Å². The molecule has 1 aliphatic rings. The standard InChI is InChI=1S/C8H18OSi2/c10-9-11-7-6-8-4-2-1-3-5-8/h2,4,8H,1,3,5-7,11H2,10H3. The van der Waals surface area contributed by atoms with Gasteiger partial charge in [-0.15, -0.1) is 0 Å². The SMILES string of the molecule is [SiH3]O[SiH2]CCC1C=CCCC1. The van der Waals surface area contributed by atoms with Gasteiger partial charge in [-0.25, -0.2) is 0 Å². The number of hydrogen-bond donors (Lipinski definition) is 0. The molecule has 0 aromatic carbocycles. The second-order valence-electron chi connectivity index (χ2n) is 3.25. The van der Waals surface area contributed by atoms with Crippen molar-refractivity contribution < 1.29 is 4.12 Å². The zero-order chi connectivity index (χ0) is 7.94. The van der Waals surface area contributed by atoms with Crippen molar-refractivity contribution in [2.24, 2.45) is 5.92 Å². The van der Waals surface area contributed by atoms with Crippen LogP contribution in [-0.2, 0) is 4.12 Å². The minimum Gasteiger partial charge on any atom is -0.468 e. The second kappa shape index (κ2) is 5.74. The monoisotopic (exact) mass is 186 g/mol. The average Bonchev–Trinajstić information content (AvgIpc) is 2.07. The molecule has 0 aromatic heterocycles. The van der Waals surface area contributed by atoms with Gasteiger partial charge in [-0.3, -0.25) is 0 Å². The first-order valence-corrected chi connectivity index (χ1v) is 6.98. The summed E-state index contributed by atoms with van der Waals surface area (Å²) in [6, 6.07) is 1.39. The maximum absolute atomic E-state index is 5.29. The molecule has 0 radical (unpaired) electrons. The lowest BCUT2D eigenvalue weighted by atomic mass is 9.94. The summed E-state index contributed by atoms with van der Waals surface area (Å²) in [4.78, 5) is 0. The van der Waals surface area contributed by atoms with Crippen molar-refractivity contribution in [2.45, 2.75) is 31.7 Å². The molecule has 0 saturated heterocycles. The molecule has 0 heterocycles. The summed E-state index contributed by atoms with van der Waals surface area (Å²) in [6.07, 6.45) is 10.3. The van der Waals surface area contributed by atoms with Crippen LogP contribution in [-0.4, -0.2) is 20.2 Å². The van der Waals surface area contributed by atoms with Crippen LogP contribution in [0.3, 0.4) is 0 Å². The topological polar surface area (TPSA) is 9.23 Å². The van der Waals surface area contributed by atoms with E-state index in [0.717, 1.165) is 16.4 Å². The number of allylic oxidation sites excluding steroid dienone is 2. The van der Waals surface area contributed by atoms with Gasteiger partial charge in [0.25, 0.3) is 0 Å². The molecule has 0 aliphatic heterocycles. The van der Waals surface area contributed by atoms with Crippen LogP contribution in [0.2, 0.25) is 6.04 Å². The first-order valence-electron chi connectivity index (χ1n) is 4.59. The molecule has 0 fully saturated rings. The van der Waals surface area contributed by atoms with E-state index in [0.29, 0.717) is 0 Å². The maximum atomic E-state index is 5.29. The molecule has 1 nitrogen and oxygen atoms in total. The van der Waals surface area contributed by atoms with Gasteiger partial charge in [0.15, 0.2) is 0 Å². The van der Waals surface area contributed by atoms with Crippen molar-refractivity contribution in [1.29, 1.82) is 0 Å². The molecule has 0 N–H and O–H groups in total. The van der Waals surface area contributed by atoms with Crippen LogP contribution in [0.1, 0.15) is 25.7 Å². The van der Waals surface area contributed by atoms with Crippen molar-refractivity contribution in [2.75, 3.05) is 0 Å². The normalized spacial score (nSPS) is 25.3. The summed E-state index contributed by atoms with van der Waals surface area (Å²) in [6.45, 7) is 0. The fourth-order valence-corrected chi connectivity index (χ4v) is 3.46. The van der Waals surface area contributed by atoms with E-state index in [-0.39, 0.29) is 9.76 Å². The lowest BCUT2D eigenvalue weighted by Crippen LogP contribution is -2.03. The molecule has 64 valence electrons. The quantitative estimate of drug-likeness (QED) is 0.354. The van der Waals surface area contributed by atoms with Gasteiger partial charge < -0.3 is 4.12 Å². The Kier molecular flexibility index (Phi) is 4.81. The summed E-state index contributed by atoms with van der Waals surface area (Å²) < 4.78 is 5.29. The highest BCUT2D eigenvalue weighted by atomic mass is 28.3. The van der Waals surface area contributed by atoms with E-state index < -0.39 is 0 Å². The zero-order valence-corrected chi connectivity index (χ0v) is 10.8. The van der Waals surface area contributed by atoms with E-state index in [4.69, 9.17) is 4.12 Å². The minimum atomic E-state index is -0.0955. The largest absolute Gasteiger partial charge is 0.468 e. The van der Waals surface area contributed by atoms with Crippen molar-refractivity contribution >= 4 is 20.2 Å². The predicted molar refractivity (Wildman–Crippen MR) is 55.5 cm³/mol. The Balaban J connectivity index is 2.05. The average molecular weight is 186 g/mol. The van der Waals surface area contributed by atoms with Gasteiger partial charge >= 0.3 is 0 Å². The smallest absolute Gasteiger partial charge is 0.145 e. The van der Waals surface area contributed by atoms with E-state index in [2.05, 4.69) is 12.2 Å². The van der Waals surface area contributed by atoms with Crippen LogP contribution in [0.5, 0.6) is 0 Å². The highest BCUT2D eigenvalue weighted by Gasteiger charge is 2.06. The Morgan fingerprint density at radius 1 is 1.64 bits per heavy atom.